The van der Waals surface area contributed by atoms with Gasteiger partial charge >= 0.3 is 0 Å². The molecule has 2 unspecified atom stereocenters. The lowest BCUT2D eigenvalue weighted by Crippen LogP contribution is -2.56. The molecule has 0 radical (unpaired) electrons. The maximum absolute atomic E-state index is 3.69. The third-order valence-corrected chi connectivity index (χ3v) is 3.69. The van der Waals surface area contributed by atoms with Crippen LogP contribution in [-0.2, 0) is 0 Å². The van der Waals surface area contributed by atoms with Gasteiger partial charge in [0.2, 0.25) is 0 Å². The molecule has 102 valence electrons. The summed E-state index contributed by atoms with van der Waals surface area (Å²) in [6.45, 7) is 17.6. The first-order valence-electron chi connectivity index (χ1n) is 7.25. The third-order valence-electron chi connectivity index (χ3n) is 3.69. The topological polar surface area (TPSA) is 15.3 Å². The van der Waals surface area contributed by atoms with Crippen LogP contribution in [0.4, 0.5) is 0 Å². The van der Waals surface area contributed by atoms with Crippen molar-refractivity contribution in [1.82, 2.24) is 10.2 Å². The molecule has 2 heteroatoms. The Labute approximate surface area is 108 Å². The molecule has 0 aromatic rings. The highest BCUT2D eigenvalue weighted by Gasteiger charge is 2.26. The summed E-state index contributed by atoms with van der Waals surface area (Å²) in [4.78, 5) is 2.68. The van der Waals surface area contributed by atoms with Crippen LogP contribution in [0.5, 0.6) is 0 Å². The van der Waals surface area contributed by atoms with E-state index < -0.39 is 0 Å². The molecule has 0 spiro atoms. The smallest absolute Gasteiger partial charge is 0.0198 e. The molecule has 1 rings (SSSR count). The third kappa shape index (κ3) is 5.87. The number of nitrogens with one attached hydrogen (secondary N) is 1. The van der Waals surface area contributed by atoms with Crippen LogP contribution in [0.1, 0.15) is 54.4 Å². The van der Waals surface area contributed by atoms with Gasteiger partial charge in [0.25, 0.3) is 0 Å². The first kappa shape index (κ1) is 15.0. The van der Waals surface area contributed by atoms with E-state index in [4.69, 9.17) is 0 Å². The highest BCUT2D eigenvalue weighted by Crippen LogP contribution is 2.21. The minimum atomic E-state index is 0.456. The summed E-state index contributed by atoms with van der Waals surface area (Å²) in [5.41, 5.74) is 0.456. The zero-order chi connectivity index (χ0) is 13.1. The summed E-state index contributed by atoms with van der Waals surface area (Å²) >= 11 is 0. The van der Waals surface area contributed by atoms with Crippen LogP contribution in [0.15, 0.2) is 0 Å². The second-order valence-electron chi connectivity index (χ2n) is 7.39. The highest BCUT2D eigenvalue weighted by atomic mass is 15.2. The number of nitrogens with zero attached hydrogens (tertiary/aromatic N) is 1. The molecule has 0 aliphatic carbocycles. The Hall–Kier alpha value is -0.0800. The van der Waals surface area contributed by atoms with E-state index in [1.807, 2.05) is 0 Å². The lowest BCUT2D eigenvalue weighted by molar-refractivity contribution is 0.117. The molecule has 0 amide bonds. The Kier molecular flexibility index (Phi) is 5.46. The summed E-state index contributed by atoms with van der Waals surface area (Å²) in [7, 11) is 0. The fourth-order valence-corrected chi connectivity index (χ4v) is 2.51. The Bertz CT molecular complexity index is 217. The van der Waals surface area contributed by atoms with Crippen molar-refractivity contribution in [2.75, 3.05) is 19.6 Å². The van der Waals surface area contributed by atoms with E-state index in [1.54, 1.807) is 0 Å². The van der Waals surface area contributed by atoms with E-state index in [0.29, 0.717) is 17.5 Å². The van der Waals surface area contributed by atoms with E-state index in [0.717, 1.165) is 12.5 Å². The van der Waals surface area contributed by atoms with Gasteiger partial charge in [0.05, 0.1) is 0 Å². The zero-order valence-electron chi connectivity index (χ0n) is 12.7. The van der Waals surface area contributed by atoms with Crippen molar-refractivity contribution in [2.45, 2.75) is 66.5 Å². The summed E-state index contributed by atoms with van der Waals surface area (Å²) in [6, 6.07) is 1.40. The molecular formula is C15H32N2. The summed E-state index contributed by atoms with van der Waals surface area (Å²) in [6.07, 6.45) is 2.60. The largest absolute Gasteiger partial charge is 0.311 e. The number of hydrogen-bond donors (Lipinski definition) is 1. The van der Waals surface area contributed by atoms with Gasteiger partial charge in [-0.05, 0) is 37.6 Å². The van der Waals surface area contributed by atoms with E-state index in [-0.39, 0.29) is 0 Å². The molecule has 2 atom stereocenters. The van der Waals surface area contributed by atoms with Gasteiger partial charge in [0.15, 0.2) is 0 Å². The molecule has 1 saturated heterocycles. The predicted octanol–water partition coefficient (Wildman–Crippen LogP) is 3.13. The van der Waals surface area contributed by atoms with Crippen LogP contribution in [0.3, 0.4) is 0 Å². The van der Waals surface area contributed by atoms with E-state index in [2.05, 4.69) is 51.8 Å². The van der Waals surface area contributed by atoms with Gasteiger partial charge in [-0.3, -0.25) is 4.90 Å². The fraction of sp³-hybridized carbons (Fsp3) is 1.00. The van der Waals surface area contributed by atoms with Crippen molar-refractivity contribution < 1.29 is 0 Å². The van der Waals surface area contributed by atoms with Crippen molar-refractivity contribution in [3.05, 3.63) is 0 Å². The van der Waals surface area contributed by atoms with Gasteiger partial charge in [0, 0.05) is 25.2 Å². The molecule has 1 aliphatic rings. The lowest BCUT2D eigenvalue weighted by Gasteiger charge is -2.40. The molecule has 2 nitrogen and oxygen atoms in total. The Morgan fingerprint density at radius 2 is 1.94 bits per heavy atom. The summed E-state index contributed by atoms with van der Waals surface area (Å²) < 4.78 is 0. The molecule has 1 aliphatic heterocycles. The monoisotopic (exact) mass is 240 g/mol. The van der Waals surface area contributed by atoms with Gasteiger partial charge in [-0.25, -0.2) is 0 Å². The molecule has 1 N–H and O–H groups in total. The lowest BCUT2D eigenvalue weighted by atomic mass is 9.91. The molecule has 0 aromatic heterocycles. The minimum Gasteiger partial charge on any atom is -0.311 e. The molecule has 0 saturated carbocycles. The van der Waals surface area contributed by atoms with Crippen LogP contribution in [0.25, 0.3) is 0 Å². The maximum atomic E-state index is 3.69. The number of rotatable bonds is 4. The Balaban J connectivity index is 2.40. The summed E-state index contributed by atoms with van der Waals surface area (Å²) in [5, 5.41) is 3.69. The Morgan fingerprint density at radius 1 is 1.29 bits per heavy atom. The summed E-state index contributed by atoms with van der Waals surface area (Å²) in [5.74, 6) is 0.797. The average molecular weight is 240 g/mol. The second-order valence-corrected chi connectivity index (χ2v) is 7.39. The first-order valence-corrected chi connectivity index (χ1v) is 7.25. The van der Waals surface area contributed by atoms with Gasteiger partial charge < -0.3 is 5.32 Å². The molecule has 0 bridgehead atoms. The van der Waals surface area contributed by atoms with Gasteiger partial charge in [-0.1, -0.05) is 34.6 Å². The van der Waals surface area contributed by atoms with Crippen molar-refractivity contribution in [3.8, 4) is 0 Å². The number of hydrogen-bond acceptors (Lipinski definition) is 2. The molecule has 0 aromatic carbocycles. The highest BCUT2D eigenvalue weighted by molar-refractivity contribution is 4.85. The van der Waals surface area contributed by atoms with Gasteiger partial charge in [0.1, 0.15) is 0 Å². The second kappa shape index (κ2) is 6.19. The van der Waals surface area contributed by atoms with Crippen LogP contribution in [-0.4, -0.2) is 36.6 Å². The van der Waals surface area contributed by atoms with Crippen LogP contribution < -0.4 is 5.32 Å². The fourth-order valence-electron chi connectivity index (χ4n) is 2.51. The zero-order valence-corrected chi connectivity index (χ0v) is 12.7. The van der Waals surface area contributed by atoms with Crippen LogP contribution >= 0.6 is 0 Å². The van der Waals surface area contributed by atoms with Crippen molar-refractivity contribution in [3.63, 3.8) is 0 Å². The first-order chi connectivity index (χ1) is 7.78. The molecule has 17 heavy (non-hydrogen) atoms. The van der Waals surface area contributed by atoms with E-state index in [1.165, 1.54) is 25.9 Å². The number of piperazine rings is 1. The van der Waals surface area contributed by atoms with Gasteiger partial charge in [-0.15, -0.1) is 0 Å². The molecule has 1 fully saturated rings. The maximum Gasteiger partial charge on any atom is 0.0198 e. The quantitative estimate of drug-likeness (QED) is 0.812. The standard InChI is InChI=1S/C15H32N2/c1-12(2)9-14-11-17(13(3)10-16-14)8-7-15(4,5)6/h12-14,16H,7-11H2,1-6H3. The molecule has 1 heterocycles. The van der Waals surface area contributed by atoms with Crippen molar-refractivity contribution in [2.24, 2.45) is 11.3 Å². The van der Waals surface area contributed by atoms with Gasteiger partial charge in [-0.2, -0.15) is 0 Å². The Morgan fingerprint density at radius 3 is 2.47 bits per heavy atom. The van der Waals surface area contributed by atoms with E-state index in [9.17, 15) is 0 Å². The SMILES string of the molecule is CC(C)CC1CN(CCC(C)(C)C)C(C)CN1. The normalized spacial score (nSPS) is 27.7. The average Bonchev–Trinajstić information content (AvgIpc) is 2.17. The van der Waals surface area contributed by atoms with Crippen molar-refractivity contribution in [1.29, 1.82) is 0 Å². The predicted molar refractivity (Wildman–Crippen MR) is 76.4 cm³/mol. The van der Waals surface area contributed by atoms with Crippen molar-refractivity contribution >= 4 is 0 Å². The molecular weight excluding hydrogens is 208 g/mol. The minimum absolute atomic E-state index is 0.456. The van der Waals surface area contributed by atoms with Crippen LogP contribution in [0, 0.1) is 11.3 Å². The van der Waals surface area contributed by atoms with E-state index >= 15 is 0 Å². The van der Waals surface area contributed by atoms with Crippen LogP contribution in [0.2, 0.25) is 0 Å².